The molecule has 182 valence electrons. The number of anilines is 1. The number of nitrogens with two attached hydrogens (primary N) is 1. The number of carbonyl (C=O) groups is 1. The number of carbonyl (C=O) groups excluding carboxylic acids is 1. The average Bonchev–Trinajstić information content (AvgIpc) is 3.18. The van der Waals surface area contributed by atoms with Crippen LogP contribution in [0.4, 0.5) is 5.69 Å². The van der Waals surface area contributed by atoms with Crippen LogP contribution in [-0.4, -0.2) is 22.7 Å². The zero-order valence-corrected chi connectivity index (χ0v) is 20.7. The summed E-state index contributed by atoms with van der Waals surface area (Å²) < 4.78 is 0. The van der Waals surface area contributed by atoms with Crippen LogP contribution in [0.15, 0.2) is 119 Å². The van der Waals surface area contributed by atoms with E-state index in [0.717, 1.165) is 33.5 Å². The van der Waals surface area contributed by atoms with Gasteiger partial charge < -0.3 is 5.73 Å². The van der Waals surface area contributed by atoms with Gasteiger partial charge in [-0.2, -0.15) is 4.99 Å². The second-order valence-electron chi connectivity index (χ2n) is 9.42. The Balaban J connectivity index is 1.70. The van der Waals surface area contributed by atoms with Crippen LogP contribution >= 0.6 is 0 Å². The monoisotopic (exact) mass is 485 g/mol. The van der Waals surface area contributed by atoms with Crippen LogP contribution in [0.1, 0.15) is 34.0 Å². The van der Waals surface area contributed by atoms with Gasteiger partial charge >= 0.3 is 0 Å². The van der Waals surface area contributed by atoms with E-state index in [2.05, 4.69) is 13.0 Å². The number of amides is 1. The summed E-state index contributed by atoms with van der Waals surface area (Å²) in [5.41, 5.74) is 10.7. The van der Waals surface area contributed by atoms with Crippen molar-refractivity contribution in [1.82, 2.24) is 4.90 Å². The number of nitrogens with zero attached hydrogens (tertiary/aromatic N) is 4. The SMILES string of the molecule is Cc1ccc(N2C(=O)C(c3ccccc3)(c3ccccc3)N3C2=NC(N)=NC3c2ccccc2C)cc1. The van der Waals surface area contributed by atoms with Gasteiger partial charge in [0.05, 0.1) is 5.69 Å². The van der Waals surface area contributed by atoms with Gasteiger partial charge in [0, 0.05) is 0 Å². The molecule has 2 aliphatic heterocycles. The molecule has 1 fully saturated rings. The Morgan fingerprint density at radius 2 is 1.32 bits per heavy atom. The van der Waals surface area contributed by atoms with Crippen LogP contribution in [-0.2, 0) is 10.3 Å². The van der Waals surface area contributed by atoms with Gasteiger partial charge in [0.15, 0.2) is 11.7 Å². The number of hydrogen-bond acceptors (Lipinski definition) is 5. The number of benzene rings is 4. The highest BCUT2D eigenvalue weighted by Gasteiger charge is 2.62. The maximum absolute atomic E-state index is 15.0. The standard InChI is InChI=1S/C31H27N5O/c1-21-17-19-25(20-18-21)35-28(37)31(23-12-5-3-6-13-23,24-14-7-4-8-15-24)36-27(33-29(32)34-30(35)36)26-16-10-9-11-22(26)2/h3-20,27H,1-2H3,(H2,32,33). The Kier molecular flexibility index (Phi) is 5.37. The molecule has 2 heterocycles. The molecule has 4 aromatic carbocycles. The normalized spacial score (nSPS) is 18.3. The predicted molar refractivity (Wildman–Crippen MR) is 147 cm³/mol. The van der Waals surface area contributed by atoms with Gasteiger partial charge in [0.1, 0.15) is 0 Å². The Labute approximate surface area is 216 Å². The van der Waals surface area contributed by atoms with Crippen LogP contribution in [0.3, 0.4) is 0 Å². The lowest BCUT2D eigenvalue weighted by Gasteiger charge is -2.42. The molecule has 2 aliphatic rings. The van der Waals surface area contributed by atoms with E-state index >= 15 is 0 Å². The van der Waals surface area contributed by atoms with Crippen molar-refractivity contribution in [2.45, 2.75) is 25.6 Å². The minimum atomic E-state index is -1.22. The predicted octanol–water partition coefficient (Wildman–Crippen LogP) is 5.28. The van der Waals surface area contributed by atoms with E-state index in [4.69, 9.17) is 15.7 Å². The first-order chi connectivity index (χ1) is 18.0. The average molecular weight is 486 g/mol. The molecule has 0 spiro atoms. The smallest absolute Gasteiger partial charge is 0.269 e. The zero-order valence-electron chi connectivity index (χ0n) is 20.7. The van der Waals surface area contributed by atoms with E-state index in [1.54, 1.807) is 4.90 Å². The van der Waals surface area contributed by atoms with E-state index in [0.29, 0.717) is 5.96 Å². The summed E-state index contributed by atoms with van der Waals surface area (Å²) in [7, 11) is 0. The second-order valence-corrected chi connectivity index (χ2v) is 9.42. The molecule has 37 heavy (non-hydrogen) atoms. The second kappa shape index (κ2) is 8.75. The lowest BCUT2D eigenvalue weighted by Crippen LogP contribution is -2.51. The van der Waals surface area contributed by atoms with Crippen molar-refractivity contribution >= 4 is 23.5 Å². The fourth-order valence-electron chi connectivity index (χ4n) is 5.39. The fourth-order valence-corrected chi connectivity index (χ4v) is 5.39. The van der Waals surface area contributed by atoms with Crippen molar-refractivity contribution < 1.29 is 4.79 Å². The van der Waals surface area contributed by atoms with E-state index in [9.17, 15) is 4.79 Å². The summed E-state index contributed by atoms with van der Waals surface area (Å²) >= 11 is 0. The third-order valence-electron chi connectivity index (χ3n) is 7.15. The highest BCUT2D eigenvalue weighted by Crippen LogP contribution is 2.50. The highest BCUT2D eigenvalue weighted by molar-refractivity contribution is 6.28. The number of rotatable bonds is 4. The first-order valence-electron chi connectivity index (χ1n) is 12.3. The molecule has 0 radical (unpaired) electrons. The van der Waals surface area contributed by atoms with Crippen molar-refractivity contribution in [2.75, 3.05) is 4.90 Å². The van der Waals surface area contributed by atoms with Gasteiger partial charge in [0.2, 0.25) is 11.9 Å². The topological polar surface area (TPSA) is 74.3 Å². The Morgan fingerprint density at radius 3 is 1.92 bits per heavy atom. The molecule has 0 aromatic heterocycles. The Morgan fingerprint density at radius 1 is 0.757 bits per heavy atom. The molecule has 1 atom stereocenters. The van der Waals surface area contributed by atoms with Crippen LogP contribution in [0.25, 0.3) is 0 Å². The fraction of sp³-hybridized carbons (Fsp3) is 0.129. The van der Waals surface area contributed by atoms with Crippen LogP contribution in [0, 0.1) is 13.8 Å². The molecule has 0 bridgehead atoms. The molecular weight excluding hydrogens is 458 g/mol. The Hall–Kier alpha value is -4.71. The van der Waals surface area contributed by atoms with Gasteiger partial charge in [-0.3, -0.25) is 9.69 Å². The van der Waals surface area contributed by atoms with Crippen LogP contribution in [0.5, 0.6) is 0 Å². The van der Waals surface area contributed by atoms with Gasteiger partial charge in [-0.05, 0) is 48.2 Å². The maximum Gasteiger partial charge on any atom is 0.269 e. The van der Waals surface area contributed by atoms with Gasteiger partial charge in [0.25, 0.3) is 5.91 Å². The van der Waals surface area contributed by atoms with Gasteiger partial charge in [-0.1, -0.05) is 103 Å². The summed E-state index contributed by atoms with van der Waals surface area (Å²) in [4.78, 5) is 28.2. The summed E-state index contributed by atoms with van der Waals surface area (Å²) in [6.07, 6.45) is -0.562. The van der Waals surface area contributed by atoms with E-state index < -0.39 is 11.7 Å². The summed E-state index contributed by atoms with van der Waals surface area (Å²) in [5, 5.41) is 0. The lowest BCUT2D eigenvalue weighted by atomic mass is 9.80. The molecule has 2 N–H and O–H groups in total. The molecule has 1 saturated heterocycles. The molecule has 1 amide bonds. The highest BCUT2D eigenvalue weighted by atomic mass is 16.2. The number of hydrogen-bond donors (Lipinski definition) is 1. The van der Waals surface area contributed by atoms with Crippen molar-refractivity contribution in [3.63, 3.8) is 0 Å². The van der Waals surface area contributed by atoms with Crippen molar-refractivity contribution in [3.05, 3.63) is 137 Å². The third-order valence-corrected chi connectivity index (χ3v) is 7.15. The molecule has 6 rings (SSSR count). The third kappa shape index (κ3) is 3.44. The van der Waals surface area contributed by atoms with Crippen molar-refractivity contribution in [3.8, 4) is 0 Å². The zero-order chi connectivity index (χ0) is 25.6. The van der Waals surface area contributed by atoms with Gasteiger partial charge in [-0.25, -0.2) is 9.89 Å². The largest absolute Gasteiger partial charge is 0.368 e. The molecule has 6 heteroatoms. The van der Waals surface area contributed by atoms with Crippen molar-refractivity contribution in [2.24, 2.45) is 15.7 Å². The molecule has 1 unspecified atom stereocenters. The number of guanidine groups is 2. The van der Waals surface area contributed by atoms with E-state index in [1.165, 1.54) is 0 Å². The lowest BCUT2D eigenvalue weighted by molar-refractivity contribution is -0.124. The summed E-state index contributed by atoms with van der Waals surface area (Å²) in [6, 6.07) is 35.7. The van der Waals surface area contributed by atoms with Crippen LogP contribution in [0.2, 0.25) is 0 Å². The van der Waals surface area contributed by atoms with Crippen LogP contribution < -0.4 is 10.6 Å². The number of aryl methyl sites for hydroxylation is 2. The quantitative estimate of drug-likeness (QED) is 0.427. The van der Waals surface area contributed by atoms with E-state index in [1.807, 2.05) is 115 Å². The summed E-state index contributed by atoms with van der Waals surface area (Å²) in [6.45, 7) is 4.08. The molecule has 0 aliphatic carbocycles. The minimum Gasteiger partial charge on any atom is -0.368 e. The minimum absolute atomic E-state index is 0.129. The maximum atomic E-state index is 15.0. The number of fused-ring (bicyclic) bond motifs is 1. The molecule has 0 saturated carbocycles. The molecule has 4 aromatic rings. The first kappa shape index (κ1) is 22.7. The Bertz CT molecular complexity index is 1490. The number of aliphatic imine (C=N–C) groups is 2. The summed E-state index contributed by atoms with van der Waals surface area (Å²) in [5.74, 6) is 0.472. The van der Waals surface area contributed by atoms with Crippen molar-refractivity contribution in [1.29, 1.82) is 0 Å². The first-order valence-corrected chi connectivity index (χ1v) is 12.3. The van der Waals surface area contributed by atoms with Gasteiger partial charge in [-0.15, -0.1) is 0 Å². The molecular formula is C31H27N5O. The molecule has 6 nitrogen and oxygen atoms in total. The van der Waals surface area contributed by atoms with E-state index in [-0.39, 0.29) is 11.9 Å².